The second-order valence-electron chi connectivity index (χ2n) is 6.35. The molecule has 136 valence electrons. The van der Waals surface area contributed by atoms with Crippen LogP contribution in [0.2, 0.25) is 0 Å². The molecule has 1 aromatic rings. The van der Waals surface area contributed by atoms with Crippen molar-refractivity contribution in [3.8, 4) is 0 Å². The zero-order valence-electron chi connectivity index (χ0n) is 14.2. The van der Waals surface area contributed by atoms with Gasteiger partial charge in [-0.05, 0) is 43.0 Å². The third-order valence-corrected chi connectivity index (χ3v) is 6.61. The van der Waals surface area contributed by atoms with E-state index in [0.717, 1.165) is 5.56 Å². The Balaban J connectivity index is 1.76. The molecule has 0 aromatic heterocycles. The van der Waals surface area contributed by atoms with E-state index < -0.39 is 9.84 Å². The topological polar surface area (TPSA) is 84.0 Å². The number of benzene rings is 1. The number of rotatable bonds is 1. The van der Waals surface area contributed by atoms with E-state index in [1.165, 1.54) is 7.11 Å². The van der Waals surface area contributed by atoms with Crippen LogP contribution in [-0.4, -0.2) is 69.3 Å². The summed E-state index contributed by atoms with van der Waals surface area (Å²) in [5.74, 6) is 0.0421. The van der Waals surface area contributed by atoms with Gasteiger partial charge in [0.25, 0.3) is 5.91 Å². The van der Waals surface area contributed by atoms with Crippen LogP contribution in [0.4, 0.5) is 4.79 Å². The number of hydrogen-bond donors (Lipinski definition) is 0. The van der Waals surface area contributed by atoms with E-state index >= 15 is 0 Å². The van der Waals surface area contributed by atoms with Gasteiger partial charge in [0.15, 0.2) is 9.84 Å². The van der Waals surface area contributed by atoms with Crippen LogP contribution in [0.5, 0.6) is 0 Å². The summed E-state index contributed by atoms with van der Waals surface area (Å²) in [6.45, 7) is 1.97. The van der Waals surface area contributed by atoms with Gasteiger partial charge < -0.3 is 14.5 Å². The van der Waals surface area contributed by atoms with E-state index in [-0.39, 0.29) is 17.8 Å². The number of aryl methyl sites for hydroxylation is 1. The molecule has 2 aliphatic heterocycles. The van der Waals surface area contributed by atoms with Gasteiger partial charge in [-0.25, -0.2) is 13.2 Å². The van der Waals surface area contributed by atoms with Gasteiger partial charge >= 0.3 is 6.09 Å². The second kappa shape index (κ2) is 7.03. The fourth-order valence-electron chi connectivity index (χ4n) is 3.39. The SMILES string of the molecule is COC(=O)N1CCCN(C(=O)c2ccc3c(c2)CCCS3(=O)=O)CC1. The lowest BCUT2D eigenvalue weighted by Crippen LogP contribution is -2.37. The molecule has 2 amide bonds. The number of amides is 2. The summed E-state index contributed by atoms with van der Waals surface area (Å²) >= 11 is 0. The highest BCUT2D eigenvalue weighted by molar-refractivity contribution is 7.91. The highest BCUT2D eigenvalue weighted by Crippen LogP contribution is 2.26. The number of sulfone groups is 1. The van der Waals surface area contributed by atoms with Crippen molar-refractivity contribution in [2.45, 2.75) is 24.2 Å². The van der Waals surface area contributed by atoms with Gasteiger partial charge in [-0.2, -0.15) is 0 Å². The van der Waals surface area contributed by atoms with Crippen LogP contribution in [-0.2, 0) is 21.0 Å². The molecular formula is C17H22N2O5S. The van der Waals surface area contributed by atoms with Crippen LogP contribution in [0.1, 0.15) is 28.8 Å². The van der Waals surface area contributed by atoms with Crippen molar-refractivity contribution in [2.75, 3.05) is 39.0 Å². The van der Waals surface area contributed by atoms with Gasteiger partial charge in [-0.3, -0.25) is 4.79 Å². The zero-order valence-corrected chi connectivity index (χ0v) is 15.0. The first-order valence-corrected chi connectivity index (χ1v) is 10.1. The molecule has 25 heavy (non-hydrogen) atoms. The first kappa shape index (κ1) is 17.7. The molecule has 0 N–H and O–H groups in total. The van der Waals surface area contributed by atoms with Crippen LogP contribution in [0.25, 0.3) is 0 Å². The van der Waals surface area contributed by atoms with Crippen molar-refractivity contribution in [2.24, 2.45) is 0 Å². The number of ether oxygens (including phenoxy) is 1. The Bertz CT molecular complexity index is 790. The van der Waals surface area contributed by atoms with Crippen LogP contribution >= 0.6 is 0 Å². The average molecular weight is 366 g/mol. The summed E-state index contributed by atoms with van der Waals surface area (Å²) in [4.78, 5) is 28.1. The molecule has 1 fully saturated rings. The predicted molar refractivity (Wildman–Crippen MR) is 91.3 cm³/mol. The fourth-order valence-corrected chi connectivity index (χ4v) is 4.97. The molecule has 1 aromatic carbocycles. The smallest absolute Gasteiger partial charge is 0.409 e. The summed E-state index contributed by atoms with van der Waals surface area (Å²) in [5, 5.41) is 0. The normalized spacial score (nSPS) is 19.7. The third-order valence-electron chi connectivity index (χ3n) is 4.72. The number of hydrogen-bond acceptors (Lipinski definition) is 5. The Morgan fingerprint density at radius 1 is 1.04 bits per heavy atom. The fraction of sp³-hybridized carbons (Fsp3) is 0.529. The maximum atomic E-state index is 12.8. The van der Waals surface area contributed by atoms with Crippen molar-refractivity contribution in [1.82, 2.24) is 9.80 Å². The Morgan fingerprint density at radius 2 is 1.76 bits per heavy atom. The van der Waals surface area contributed by atoms with Gasteiger partial charge in [0.05, 0.1) is 17.8 Å². The summed E-state index contributed by atoms with van der Waals surface area (Å²) in [5.41, 5.74) is 1.23. The molecule has 0 atom stereocenters. The maximum absolute atomic E-state index is 12.8. The standard InChI is InChI=1S/C17H22N2O5S/c1-24-17(21)19-8-3-7-18(9-10-19)16(20)14-5-6-15-13(12-14)4-2-11-25(15,22)23/h5-6,12H,2-4,7-11H2,1H3. The minimum Gasteiger partial charge on any atom is -0.453 e. The molecule has 0 bridgehead atoms. The Hall–Kier alpha value is -2.09. The van der Waals surface area contributed by atoms with Crippen LogP contribution in [0, 0.1) is 0 Å². The van der Waals surface area contributed by atoms with Gasteiger partial charge in [0.2, 0.25) is 0 Å². The van der Waals surface area contributed by atoms with E-state index in [4.69, 9.17) is 4.74 Å². The molecule has 0 radical (unpaired) electrons. The van der Waals surface area contributed by atoms with Crippen molar-refractivity contribution < 1.29 is 22.7 Å². The molecule has 0 saturated carbocycles. The maximum Gasteiger partial charge on any atom is 0.409 e. The van der Waals surface area contributed by atoms with Gasteiger partial charge in [0, 0.05) is 31.7 Å². The summed E-state index contributed by atoms with van der Waals surface area (Å²) in [6, 6.07) is 4.85. The number of fused-ring (bicyclic) bond motifs is 1. The van der Waals surface area contributed by atoms with E-state index in [9.17, 15) is 18.0 Å². The van der Waals surface area contributed by atoms with E-state index in [0.29, 0.717) is 55.9 Å². The third kappa shape index (κ3) is 3.63. The predicted octanol–water partition coefficient (Wildman–Crippen LogP) is 1.32. The number of carbonyl (C=O) groups is 2. The molecule has 2 heterocycles. The average Bonchev–Trinajstić information content (AvgIpc) is 2.86. The molecule has 3 rings (SSSR count). The van der Waals surface area contributed by atoms with Crippen molar-refractivity contribution in [3.63, 3.8) is 0 Å². The molecule has 1 saturated heterocycles. The first-order valence-electron chi connectivity index (χ1n) is 8.40. The zero-order chi connectivity index (χ0) is 18.0. The number of methoxy groups -OCH3 is 1. The molecule has 2 aliphatic rings. The highest BCUT2D eigenvalue weighted by Gasteiger charge is 2.27. The number of nitrogens with zero attached hydrogens (tertiary/aromatic N) is 2. The van der Waals surface area contributed by atoms with Crippen LogP contribution in [0.3, 0.4) is 0 Å². The van der Waals surface area contributed by atoms with Gasteiger partial charge in [-0.1, -0.05) is 0 Å². The monoisotopic (exact) mass is 366 g/mol. The lowest BCUT2D eigenvalue weighted by molar-refractivity contribution is 0.0757. The molecule has 0 unspecified atom stereocenters. The quantitative estimate of drug-likeness (QED) is 0.748. The van der Waals surface area contributed by atoms with Gasteiger partial charge in [0.1, 0.15) is 0 Å². The van der Waals surface area contributed by atoms with Crippen molar-refractivity contribution in [1.29, 1.82) is 0 Å². The van der Waals surface area contributed by atoms with E-state index in [2.05, 4.69) is 0 Å². The summed E-state index contributed by atoms with van der Waals surface area (Å²) in [7, 11) is -1.87. The largest absolute Gasteiger partial charge is 0.453 e. The molecule has 0 aliphatic carbocycles. The lowest BCUT2D eigenvalue weighted by atomic mass is 10.1. The first-order chi connectivity index (χ1) is 11.9. The molecular weight excluding hydrogens is 344 g/mol. The molecule has 0 spiro atoms. The summed E-state index contributed by atoms with van der Waals surface area (Å²) in [6.07, 6.45) is 1.56. The Labute approximate surface area is 147 Å². The van der Waals surface area contributed by atoms with Crippen LogP contribution in [0.15, 0.2) is 23.1 Å². The second-order valence-corrected chi connectivity index (χ2v) is 8.43. The lowest BCUT2D eigenvalue weighted by Gasteiger charge is -2.22. The molecule has 7 nitrogen and oxygen atoms in total. The minimum atomic E-state index is -3.22. The highest BCUT2D eigenvalue weighted by atomic mass is 32.2. The van der Waals surface area contributed by atoms with E-state index in [1.54, 1.807) is 28.0 Å². The van der Waals surface area contributed by atoms with E-state index in [1.807, 2.05) is 0 Å². The van der Waals surface area contributed by atoms with Gasteiger partial charge in [-0.15, -0.1) is 0 Å². The van der Waals surface area contributed by atoms with Crippen molar-refractivity contribution in [3.05, 3.63) is 29.3 Å². The van der Waals surface area contributed by atoms with Crippen LogP contribution < -0.4 is 0 Å². The minimum absolute atomic E-state index is 0.127. The number of carbonyl (C=O) groups excluding carboxylic acids is 2. The van der Waals surface area contributed by atoms with Crippen molar-refractivity contribution >= 4 is 21.8 Å². The Kier molecular flexibility index (Phi) is 4.99. The summed E-state index contributed by atoms with van der Waals surface area (Å²) < 4.78 is 28.9. The Morgan fingerprint density at radius 3 is 2.52 bits per heavy atom. The molecule has 8 heteroatoms.